The Bertz CT molecular complexity index is 354. The molecule has 0 fully saturated rings. The van der Waals surface area contributed by atoms with Crippen LogP contribution < -0.4 is 0 Å². The summed E-state index contributed by atoms with van der Waals surface area (Å²) in [4.78, 5) is 12.2. The minimum atomic E-state index is -0.766. The van der Waals surface area contributed by atoms with Crippen molar-refractivity contribution in [2.75, 3.05) is 0 Å². The van der Waals surface area contributed by atoms with Gasteiger partial charge in [0.1, 0.15) is 0 Å². The number of carbonyl (C=O) groups is 1. The fraction of sp³-hybridized carbons (Fsp3) is 0.545. The standard InChI is InChI=1S/C11H14O2S/c1-2-7-3-4-8-9(11(12)13)6-14-10(8)5-7/h6-7H,2-5H2,1H3,(H,12,13). The maximum Gasteiger partial charge on any atom is 0.336 e. The van der Waals surface area contributed by atoms with Crippen LogP contribution in [0.15, 0.2) is 5.38 Å². The highest BCUT2D eigenvalue weighted by atomic mass is 32.1. The van der Waals surface area contributed by atoms with Crippen LogP contribution in [0.5, 0.6) is 0 Å². The highest BCUT2D eigenvalue weighted by Crippen LogP contribution is 2.33. The van der Waals surface area contributed by atoms with Crippen molar-refractivity contribution in [3.63, 3.8) is 0 Å². The molecule has 1 unspecified atom stereocenters. The fourth-order valence-electron chi connectivity index (χ4n) is 2.11. The smallest absolute Gasteiger partial charge is 0.336 e. The van der Waals surface area contributed by atoms with Crippen LogP contribution in [0.25, 0.3) is 0 Å². The summed E-state index contributed by atoms with van der Waals surface area (Å²) in [5.74, 6) is 0.000225. The molecule has 76 valence electrons. The zero-order valence-electron chi connectivity index (χ0n) is 8.25. The lowest BCUT2D eigenvalue weighted by Gasteiger charge is -2.20. The lowest BCUT2D eigenvalue weighted by atomic mass is 9.86. The van der Waals surface area contributed by atoms with E-state index >= 15 is 0 Å². The van der Waals surface area contributed by atoms with Crippen LogP contribution in [-0.4, -0.2) is 11.1 Å². The van der Waals surface area contributed by atoms with E-state index in [0.29, 0.717) is 5.56 Å². The molecule has 1 aromatic heterocycles. The molecule has 0 amide bonds. The largest absolute Gasteiger partial charge is 0.478 e. The van der Waals surface area contributed by atoms with Gasteiger partial charge in [-0.1, -0.05) is 13.3 Å². The summed E-state index contributed by atoms with van der Waals surface area (Å²) in [5, 5.41) is 10.8. The van der Waals surface area contributed by atoms with Crippen LogP contribution in [-0.2, 0) is 12.8 Å². The van der Waals surface area contributed by atoms with Gasteiger partial charge in [-0.2, -0.15) is 0 Å². The molecule has 1 aromatic rings. The van der Waals surface area contributed by atoms with Crippen LogP contribution in [0, 0.1) is 5.92 Å². The average Bonchev–Trinajstić information content (AvgIpc) is 2.59. The molecular formula is C11H14O2S. The van der Waals surface area contributed by atoms with Crippen molar-refractivity contribution in [2.24, 2.45) is 5.92 Å². The second-order valence-electron chi connectivity index (χ2n) is 3.87. The Morgan fingerprint density at radius 2 is 2.50 bits per heavy atom. The third-order valence-electron chi connectivity index (χ3n) is 3.07. The van der Waals surface area contributed by atoms with Gasteiger partial charge in [0.25, 0.3) is 0 Å². The monoisotopic (exact) mass is 210 g/mol. The third-order valence-corrected chi connectivity index (χ3v) is 4.12. The van der Waals surface area contributed by atoms with Crippen molar-refractivity contribution in [3.05, 3.63) is 21.4 Å². The van der Waals surface area contributed by atoms with Gasteiger partial charge in [-0.3, -0.25) is 0 Å². The van der Waals surface area contributed by atoms with Crippen molar-refractivity contribution in [1.82, 2.24) is 0 Å². The number of carboxylic acids is 1. The van der Waals surface area contributed by atoms with Crippen LogP contribution in [0.4, 0.5) is 0 Å². The van der Waals surface area contributed by atoms with Gasteiger partial charge in [-0.05, 0) is 30.7 Å². The van der Waals surface area contributed by atoms with Crippen LogP contribution in [0.3, 0.4) is 0 Å². The summed E-state index contributed by atoms with van der Waals surface area (Å²) < 4.78 is 0. The molecule has 3 heteroatoms. The number of aromatic carboxylic acids is 1. The maximum absolute atomic E-state index is 10.9. The number of carboxylic acid groups (broad SMARTS) is 1. The minimum absolute atomic E-state index is 0.541. The lowest BCUT2D eigenvalue weighted by molar-refractivity contribution is 0.0696. The zero-order chi connectivity index (χ0) is 10.1. The van der Waals surface area contributed by atoms with Crippen molar-refractivity contribution in [3.8, 4) is 0 Å². The van der Waals surface area contributed by atoms with Gasteiger partial charge in [0.2, 0.25) is 0 Å². The molecule has 1 heterocycles. The molecule has 0 aromatic carbocycles. The molecule has 0 saturated carbocycles. The number of fused-ring (bicyclic) bond motifs is 1. The number of hydrogen-bond acceptors (Lipinski definition) is 2. The topological polar surface area (TPSA) is 37.3 Å². The van der Waals surface area contributed by atoms with E-state index in [-0.39, 0.29) is 0 Å². The van der Waals surface area contributed by atoms with Crippen LogP contribution in [0.1, 0.15) is 40.6 Å². The fourth-order valence-corrected chi connectivity index (χ4v) is 3.30. The second-order valence-corrected chi connectivity index (χ2v) is 4.84. The first-order chi connectivity index (χ1) is 6.72. The summed E-state index contributed by atoms with van der Waals surface area (Å²) in [7, 11) is 0. The summed E-state index contributed by atoms with van der Waals surface area (Å²) in [6.07, 6.45) is 4.41. The number of thiophene rings is 1. The SMILES string of the molecule is CCC1CCc2c(C(=O)O)csc2C1. The van der Waals surface area contributed by atoms with E-state index in [4.69, 9.17) is 5.11 Å². The van der Waals surface area contributed by atoms with E-state index in [2.05, 4.69) is 6.92 Å². The van der Waals surface area contributed by atoms with Crippen molar-refractivity contribution >= 4 is 17.3 Å². The Hall–Kier alpha value is -0.830. The Morgan fingerprint density at radius 3 is 3.14 bits per heavy atom. The highest BCUT2D eigenvalue weighted by Gasteiger charge is 2.23. The van der Waals surface area contributed by atoms with E-state index in [9.17, 15) is 4.79 Å². The first-order valence-corrected chi connectivity index (χ1v) is 5.92. The van der Waals surface area contributed by atoms with Gasteiger partial charge in [-0.15, -0.1) is 11.3 Å². The molecule has 1 aliphatic rings. The van der Waals surface area contributed by atoms with E-state index in [0.717, 1.165) is 30.7 Å². The summed E-state index contributed by atoms with van der Waals surface area (Å²) >= 11 is 1.62. The Labute approximate surface area is 87.6 Å². The third kappa shape index (κ3) is 1.57. The van der Waals surface area contributed by atoms with Gasteiger partial charge in [0, 0.05) is 10.3 Å². The van der Waals surface area contributed by atoms with Crippen molar-refractivity contribution < 1.29 is 9.90 Å². The maximum atomic E-state index is 10.9. The van der Waals surface area contributed by atoms with Crippen molar-refractivity contribution in [1.29, 1.82) is 0 Å². The van der Waals surface area contributed by atoms with Gasteiger partial charge in [0.05, 0.1) is 5.56 Å². The zero-order valence-corrected chi connectivity index (χ0v) is 9.06. The molecule has 1 atom stereocenters. The van der Waals surface area contributed by atoms with E-state index in [1.54, 1.807) is 16.7 Å². The van der Waals surface area contributed by atoms with Gasteiger partial charge >= 0.3 is 5.97 Å². The predicted molar refractivity (Wildman–Crippen MR) is 57.1 cm³/mol. The van der Waals surface area contributed by atoms with Crippen LogP contribution >= 0.6 is 11.3 Å². The number of rotatable bonds is 2. The highest BCUT2D eigenvalue weighted by molar-refractivity contribution is 7.10. The molecule has 0 radical (unpaired) electrons. The van der Waals surface area contributed by atoms with Gasteiger partial charge in [0.15, 0.2) is 0 Å². The Kier molecular flexibility index (Phi) is 2.59. The molecule has 0 bridgehead atoms. The van der Waals surface area contributed by atoms with Gasteiger partial charge < -0.3 is 5.11 Å². The predicted octanol–water partition coefficient (Wildman–Crippen LogP) is 2.96. The van der Waals surface area contributed by atoms with E-state index < -0.39 is 5.97 Å². The van der Waals surface area contributed by atoms with Gasteiger partial charge in [-0.25, -0.2) is 4.79 Å². The number of hydrogen-bond donors (Lipinski definition) is 1. The average molecular weight is 210 g/mol. The first-order valence-electron chi connectivity index (χ1n) is 5.05. The Balaban J connectivity index is 2.29. The van der Waals surface area contributed by atoms with E-state index in [1.807, 2.05) is 0 Å². The minimum Gasteiger partial charge on any atom is -0.478 e. The summed E-state index contributed by atoms with van der Waals surface area (Å²) in [6.45, 7) is 2.21. The molecule has 14 heavy (non-hydrogen) atoms. The van der Waals surface area contributed by atoms with E-state index in [1.165, 1.54) is 11.3 Å². The van der Waals surface area contributed by atoms with Crippen molar-refractivity contribution in [2.45, 2.75) is 32.6 Å². The van der Waals surface area contributed by atoms with Crippen LogP contribution in [0.2, 0.25) is 0 Å². The Morgan fingerprint density at radius 1 is 1.71 bits per heavy atom. The molecule has 1 aliphatic carbocycles. The molecular weight excluding hydrogens is 196 g/mol. The molecule has 0 aliphatic heterocycles. The molecule has 0 spiro atoms. The second kappa shape index (κ2) is 3.73. The quantitative estimate of drug-likeness (QED) is 0.814. The summed E-state index contributed by atoms with van der Waals surface area (Å²) in [6, 6.07) is 0. The molecule has 2 nitrogen and oxygen atoms in total. The molecule has 0 saturated heterocycles. The summed E-state index contributed by atoms with van der Waals surface area (Å²) in [5.41, 5.74) is 1.65. The molecule has 2 rings (SSSR count). The lowest BCUT2D eigenvalue weighted by Crippen LogP contribution is -2.13. The normalized spacial score (nSPS) is 20.5. The molecule has 1 N–H and O–H groups in total. The first kappa shape index (κ1) is 9.71.